The number of thiazole rings is 1. The fourth-order valence-electron chi connectivity index (χ4n) is 4.46. The molecule has 1 saturated heterocycles. The summed E-state index contributed by atoms with van der Waals surface area (Å²) in [5.74, 6) is 1.24. The SMILES string of the molecule is Cc1nc(C(C)C)sc1C(=O)N1CCCC2(CCc3cnc(N(C)C)nc32)C1. The molecule has 150 valence electrons. The third-order valence-electron chi connectivity index (χ3n) is 5.99. The summed E-state index contributed by atoms with van der Waals surface area (Å²) in [4.78, 5) is 32.2. The molecule has 4 rings (SSSR count). The number of aryl methyl sites for hydroxylation is 2. The Morgan fingerprint density at radius 1 is 1.29 bits per heavy atom. The number of hydrogen-bond donors (Lipinski definition) is 0. The maximum absolute atomic E-state index is 13.3. The predicted molar refractivity (Wildman–Crippen MR) is 112 cm³/mol. The molecule has 6 nitrogen and oxygen atoms in total. The van der Waals surface area contributed by atoms with E-state index in [0.29, 0.717) is 5.92 Å². The van der Waals surface area contributed by atoms with Crippen LogP contribution in [-0.2, 0) is 11.8 Å². The Labute approximate surface area is 171 Å². The molecule has 28 heavy (non-hydrogen) atoms. The number of amides is 1. The minimum Gasteiger partial charge on any atom is -0.347 e. The van der Waals surface area contributed by atoms with Crippen LogP contribution in [0.1, 0.15) is 70.7 Å². The molecule has 2 aliphatic rings. The van der Waals surface area contributed by atoms with Crippen LogP contribution in [0.2, 0.25) is 0 Å². The van der Waals surface area contributed by atoms with E-state index in [2.05, 4.69) is 23.8 Å². The second-order valence-corrected chi connectivity index (χ2v) is 9.70. The first-order chi connectivity index (χ1) is 13.3. The number of piperidine rings is 1. The van der Waals surface area contributed by atoms with E-state index in [4.69, 9.17) is 4.98 Å². The minimum absolute atomic E-state index is 0.0313. The van der Waals surface area contributed by atoms with Crippen molar-refractivity contribution >= 4 is 23.2 Å². The number of carbonyl (C=O) groups is 1. The fraction of sp³-hybridized carbons (Fsp3) is 0.619. The minimum atomic E-state index is -0.0313. The highest BCUT2D eigenvalue weighted by atomic mass is 32.1. The zero-order chi connectivity index (χ0) is 20.1. The Bertz CT molecular complexity index is 902. The van der Waals surface area contributed by atoms with Gasteiger partial charge in [-0.15, -0.1) is 11.3 Å². The quantitative estimate of drug-likeness (QED) is 0.790. The summed E-state index contributed by atoms with van der Waals surface area (Å²) in [6.07, 6.45) is 6.14. The van der Waals surface area contributed by atoms with E-state index >= 15 is 0 Å². The van der Waals surface area contributed by atoms with Gasteiger partial charge in [0.25, 0.3) is 5.91 Å². The summed E-state index contributed by atoms with van der Waals surface area (Å²) in [5.41, 5.74) is 3.24. The van der Waals surface area contributed by atoms with Crippen molar-refractivity contribution in [1.29, 1.82) is 0 Å². The lowest BCUT2D eigenvalue weighted by Gasteiger charge is -2.40. The van der Waals surface area contributed by atoms with Crippen molar-refractivity contribution in [3.05, 3.63) is 33.0 Å². The van der Waals surface area contributed by atoms with Gasteiger partial charge in [0.1, 0.15) is 4.88 Å². The van der Waals surface area contributed by atoms with Crippen molar-refractivity contribution in [3.8, 4) is 0 Å². The van der Waals surface area contributed by atoms with Crippen LogP contribution < -0.4 is 4.90 Å². The second kappa shape index (κ2) is 7.10. The molecular weight excluding hydrogens is 370 g/mol. The lowest BCUT2D eigenvalue weighted by molar-refractivity contribution is 0.0637. The van der Waals surface area contributed by atoms with E-state index in [1.54, 1.807) is 11.3 Å². The predicted octanol–water partition coefficient (Wildman–Crippen LogP) is 3.55. The van der Waals surface area contributed by atoms with Crippen molar-refractivity contribution in [2.45, 2.75) is 57.8 Å². The highest BCUT2D eigenvalue weighted by Gasteiger charge is 2.45. The molecule has 1 spiro atoms. The van der Waals surface area contributed by atoms with Crippen LogP contribution in [0.15, 0.2) is 6.20 Å². The number of carbonyl (C=O) groups excluding carboxylic acids is 1. The Morgan fingerprint density at radius 3 is 2.75 bits per heavy atom. The third kappa shape index (κ3) is 3.19. The molecule has 0 radical (unpaired) electrons. The second-order valence-electron chi connectivity index (χ2n) is 8.67. The van der Waals surface area contributed by atoms with Gasteiger partial charge in [-0.2, -0.15) is 0 Å². The van der Waals surface area contributed by atoms with Gasteiger partial charge in [0.05, 0.1) is 16.4 Å². The summed E-state index contributed by atoms with van der Waals surface area (Å²) in [5, 5.41) is 1.04. The molecule has 1 unspecified atom stereocenters. The highest BCUT2D eigenvalue weighted by molar-refractivity contribution is 7.13. The summed E-state index contributed by atoms with van der Waals surface area (Å²) in [6, 6.07) is 0. The van der Waals surface area contributed by atoms with Gasteiger partial charge in [0, 0.05) is 44.7 Å². The van der Waals surface area contributed by atoms with Crippen LogP contribution >= 0.6 is 11.3 Å². The molecule has 0 aromatic carbocycles. The maximum Gasteiger partial charge on any atom is 0.265 e. The van der Waals surface area contributed by atoms with Crippen LogP contribution in [0, 0.1) is 6.92 Å². The molecule has 0 bridgehead atoms. The van der Waals surface area contributed by atoms with Gasteiger partial charge in [-0.25, -0.2) is 15.0 Å². The normalized spacial score (nSPS) is 21.4. The van der Waals surface area contributed by atoms with Crippen LogP contribution in [0.25, 0.3) is 0 Å². The van der Waals surface area contributed by atoms with Crippen LogP contribution in [0.3, 0.4) is 0 Å². The van der Waals surface area contributed by atoms with Gasteiger partial charge in [0.2, 0.25) is 5.95 Å². The Hall–Kier alpha value is -2.02. The van der Waals surface area contributed by atoms with Crippen molar-refractivity contribution < 1.29 is 4.79 Å². The van der Waals surface area contributed by atoms with Crippen LogP contribution in [0.5, 0.6) is 0 Å². The number of anilines is 1. The maximum atomic E-state index is 13.3. The summed E-state index contributed by atoms with van der Waals surface area (Å²) < 4.78 is 0. The molecule has 1 aliphatic heterocycles. The van der Waals surface area contributed by atoms with Crippen LogP contribution in [0.4, 0.5) is 5.95 Å². The molecule has 2 aromatic heterocycles. The number of aromatic nitrogens is 3. The molecule has 1 amide bonds. The van der Waals surface area contributed by atoms with E-state index in [0.717, 1.165) is 66.0 Å². The summed E-state index contributed by atoms with van der Waals surface area (Å²) >= 11 is 1.56. The molecule has 3 heterocycles. The van der Waals surface area contributed by atoms with Crippen LogP contribution in [-0.4, -0.2) is 52.9 Å². The molecule has 0 saturated carbocycles. The third-order valence-corrected chi connectivity index (χ3v) is 7.44. The average Bonchev–Trinajstić information content (AvgIpc) is 3.22. The lowest BCUT2D eigenvalue weighted by Crippen LogP contribution is -2.48. The highest BCUT2D eigenvalue weighted by Crippen LogP contribution is 2.44. The van der Waals surface area contributed by atoms with E-state index in [9.17, 15) is 4.79 Å². The average molecular weight is 400 g/mol. The molecule has 7 heteroatoms. The molecular formula is C21H29N5OS. The molecule has 1 aliphatic carbocycles. The van der Waals surface area contributed by atoms with E-state index in [1.165, 1.54) is 5.56 Å². The van der Waals surface area contributed by atoms with Gasteiger partial charge in [-0.1, -0.05) is 13.8 Å². The summed E-state index contributed by atoms with van der Waals surface area (Å²) in [6.45, 7) is 7.77. The van der Waals surface area contributed by atoms with E-state index < -0.39 is 0 Å². The molecule has 2 aromatic rings. The number of nitrogens with zero attached hydrogens (tertiary/aromatic N) is 5. The largest absolute Gasteiger partial charge is 0.347 e. The molecule has 1 atom stereocenters. The molecule has 1 fully saturated rings. The first-order valence-corrected chi connectivity index (χ1v) is 10.9. The van der Waals surface area contributed by atoms with Gasteiger partial charge >= 0.3 is 0 Å². The van der Waals surface area contributed by atoms with E-state index in [-0.39, 0.29) is 11.3 Å². The van der Waals surface area contributed by atoms with Crippen molar-refractivity contribution in [2.75, 3.05) is 32.1 Å². The number of rotatable bonds is 3. The first-order valence-electron chi connectivity index (χ1n) is 10.1. The standard InChI is InChI=1S/C21H29N5OS/c1-13(2)18-23-14(3)16(28-18)19(27)26-10-6-8-21(12-26)9-7-15-11-22-20(25(4)5)24-17(15)21/h11,13H,6-10,12H2,1-5H3. The monoisotopic (exact) mass is 399 g/mol. The zero-order valence-electron chi connectivity index (χ0n) is 17.4. The van der Waals surface area contributed by atoms with Gasteiger partial charge in [-0.05, 0) is 38.2 Å². The number of hydrogen-bond acceptors (Lipinski definition) is 6. The van der Waals surface area contributed by atoms with Gasteiger partial charge in [0.15, 0.2) is 0 Å². The van der Waals surface area contributed by atoms with Gasteiger partial charge < -0.3 is 9.80 Å². The van der Waals surface area contributed by atoms with Crippen molar-refractivity contribution in [2.24, 2.45) is 0 Å². The zero-order valence-corrected chi connectivity index (χ0v) is 18.3. The summed E-state index contributed by atoms with van der Waals surface area (Å²) in [7, 11) is 3.94. The fourth-order valence-corrected chi connectivity index (χ4v) is 5.49. The number of likely N-dealkylation sites (tertiary alicyclic amines) is 1. The topological polar surface area (TPSA) is 62.2 Å². The van der Waals surface area contributed by atoms with Crippen molar-refractivity contribution in [3.63, 3.8) is 0 Å². The number of fused-ring (bicyclic) bond motifs is 2. The Kier molecular flexibility index (Phi) is 4.89. The molecule has 0 N–H and O–H groups in total. The Morgan fingerprint density at radius 2 is 2.07 bits per heavy atom. The smallest absolute Gasteiger partial charge is 0.265 e. The van der Waals surface area contributed by atoms with Crippen molar-refractivity contribution in [1.82, 2.24) is 19.9 Å². The van der Waals surface area contributed by atoms with E-state index in [1.807, 2.05) is 37.0 Å². The van der Waals surface area contributed by atoms with Gasteiger partial charge in [-0.3, -0.25) is 4.79 Å². The lowest BCUT2D eigenvalue weighted by atomic mass is 9.77. The first kappa shape index (κ1) is 19.3. The Balaban J connectivity index is 1.63.